The molecule has 4 heteroatoms. The first kappa shape index (κ1) is 16.0. The zero-order valence-electron chi connectivity index (χ0n) is 10.5. The van der Waals surface area contributed by atoms with Crippen molar-refractivity contribution in [2.75, 3.05) is 19.0 Å². The first-order chi connectivity index (χ1) is 8.23. The molecule has 0 heterocycles. The predicted octanol–water partition coefficient (Wildman–Crippen LogP) is 3.24. The fraction of sp³-hybridized carbons (Fsp3) is 0.462. The minimum Gasteiger partial charge on any atom is -0.493 e. The Hall–Kier alpha value is -1.03. The molecule has 1 aromatic rings. The second kappa shape index (κ2) is 10.1. The molecule has 3 nitrogen and oxygen atoms in total. The highest BCUT2D eigenvalue weighted by atomic mass is 79.9. The van der Waals surface area contributed by atoms with Crippen molar-refractivity contribution in [2.45, 2.75) is 20.3 Å². The van der Waals surface area contributed by atoms with Gasteiger partial charge in [0, 0.05) is 11.8 Å². The predicted molar refractivity (Wildman–Crippen MR) is 73.4 cm³/mol. The zero-order valence-corrected chi connectivity index (χ0v) is 12.1. The molecule has 0 unspecified atom stereocenters. The molecule has 1 rings (SSSR count). The van der Waals surface area contributed by atoms with E-state index in [0.717, 1.165) is 17.2 Å². The van der Waals surface area contributed by atoms with Gasteiger partial charge >= 0.3 is 0 Å². The van der Waals surface area contributed by atoms with Gasteiger partial charge in [0.2, 0.25) is 0 Å². The standard InChI is InChI=1S/C11H14O3.C2H5Br/c1-3-14-10-5-4-9(6-7-12)8-11(10)13-2;1-2-3/h4-5,7-8H,3,6H2,1-2H3;2H2,1H3. The van der Waals surface area contributed by atoms with Gasteiger partial charge in [0.1, 0.15) is 6.29 Å². The smallest absolute Gasteiger partial charge is 0.161 e. The molecule has 0 aliphatic rings. The summed E-state index contributed by atoms with van der Waals surface area (Å²) in [5, 5.41) is 1.06. The van der Waals surface area contributed by atoms with E-state index in [2.05, 4.69) is 15.9 Å². The van der Waals surface area contributed by atoms with Gasteiger partial charge in [0.05, 0.1) is 13.7 Å². The van der Waals surface area contributed by atoms with Crippen LogP contribution in [-0.4, -0.2) is 25.3 Å². The molecule has 0 bridgehead atoms. The van der Waals surface area contributed by atoms with Gasteiger partial charge in [-0.2, -0.15) is 0 Å². The third-order valence-corrected chi connectivity index (χ3v) is 1.85. The molecule has 1 aromatic carbocycles. The molecule has 0 aromatic heterocycles. The first-order valence-corrected chi connectivity index (χ1v) is 6.64. The lowest BCUT2D eigenvalue weighted by atomic mass is 10.1. The van der Waals surface area contributed by atoms with E-state index in [1.807, 2.05) is 32.0 Å². The Balaban J connectivity index is 0.000000770. The number of hydrogen-bond donors (Lipinski definition) is 0. The molecule has 0 amide bonds. The van der Waals surface area contributed by atoms with Gasteiger partial charge in [-0.05, 0) is 24.6 Å². The number of benzene rings is 1. The third kappa shape index (κ3) is 6.31. The van der Waals surface area contributed by atoms with E-state index in [0.29, 0.717) is 24.5 Å². The number of ether oxygens (including phenoxy) is 2. The number of alkyl halides is 1. The monoisotopic (exact) mass is 302 g/mol. The molecule has 96 valence electrons. The van der Waals surface area contributed by atoms with Crippen molar-refractivity contribution in [3.63, 3.8) is 0 Å². The van der Waals surface area contributed by atoms with Gasteiger partial charge < -0.3 is 14.3 Å². The van der Waals surface area contributed by atoms with Gasteiger partial charge in [-0.3, -0.25) is 0 Å². The fourth-order valence-corrected chi connectivity index (χ4v) is 1.21. The summed E-state index contributed by atoms with van der Waals surface area (Å²) in [6.45, 7) is 4.56. The van der Waals surface area contributed by atoms with Gasteiger partial charge in [0.15, 0.2) is 11.5 Å². The maximum absolute atomic E-state index is 10.3. The number of aldehydes is 1. The second-order valence-electron chi connectivity index (χ2n) is 3.06. The summed E-state index contributed by atoms with van der Waals surface area (Å²) in [6.07, 6.45) is 1.28. The average Bonchev–Trinajstić information content (AvgIpc) is 2.33. The lowest BCUT2D eigenvalue weighted by Crippen LogP contribution is -1.96. The Kier molecular flexibility index (Phi) is 9.53. The van der Waals surface area contributed by atoms with Crippen molar-refractivity contribution in [1.29, 1.82) is 0 Å². The molecule has 0 saturated heterocycles. The van der Waals surface area contributed by atoms with Gasteiger partial charge in [-0.15, -0.1) is 0 Å². The summed E-state index contributed by atoms with van der Waals surface area (Å²) < 4.78 is 10.5. The number of hydrogen-bond acceptors (Lipinski definition) is 3. The Morgan fingerprint density at radius 3 is 2.41 bits per heavy atom. The van der Waals surface area contributed by atoms with Crippen LogP contribution in [0, 0.1) is 0 Å². The summed E-state index contributed by atoms with van der Waals surface area (Å²) in [5.41, 5.74) is 0.931. The third-order valence-electron chi connectivity index (χ3n) is 1.85. The normalized spacial score (nSPS) is 8.94. The molecular formula is C13H19BrO3. The van der Waals surface area contributed by atoms with E-state index in [4.69, 9.17) is 9.47 Å². The minimum absolute atomic E-state index is 0.406. The molecule has 17 heavy (non-hydrogen) atoms. The Morgan fingerprint density at radius 2 is 1.94 bits per heavy atom. The van der Waals surface area contributed by atoms with E-state index in [1.54, 1.807) is 7.11 Å². The highest BCUT2D eigenvalue weighted by Crippen LogP contribution is 2.27. The van der Waals surface area contributed by atoms with Crippen LogP contribution in [0.5, 0.6) is 11.5 Å². The van der Waals surface area contributed by atoms with E-state index in [1.165, 1.54) is 0 Å². The minimum atomic E-state index is 0.406. The summed E-state index contributed by atoms with van der Waals surface area (Å²) in [6, 6.07) is 5.50. The first-order valence-electron chi connectivity index (χ1n) is 5.52. The summed E-state index contributed by atoms with van der Waals surface area (Å²) in [4.78, 5) is 10.3. The molecule has 0 saturated carbocycles. The van der Waals surface area contributed by atoms with Crippen molar-refractivity contribution in [1.82, 2.24) is 0 Å². The maximum atomic E-state index is 10.3. The largest absolute Gasteiger partial charge is 0.493 e. The number of rotatable bonds is 5. The maximum Gasteiger partial charge on any atom is 0.161 e. The lowest BCUT2D eigenvalue weighted by Gasteiger charge is -2.09. The van der Waals surface area contributed by atoms with Crippen LogP contribution in [0.2, 0.25) is 0 Å². The van der Waals surface area contributed by atoms with Crippen LogP contribution < -0.4 is 9.47 Å². The van der Waals surface area contributed by atoms with Crippen LogP contribution in [0.15, 0.2) is 18.2 Å². The summed E-state index contributed by atoms with van der Waals surface area (Å²) >= 11 is 3.15. The van der Waals surface area contributed by atoms with Crippen LogP contribution in [0.1, 0.15) is 19.4 Å². The van der Waals surface area contributed by atoms with Crippen molar-refractivity contribution in [3.05, 3.63) is 23.8 Å². The van der Waals surface area contributed by atoms with E-state index >= 15 is 0 Å². The van der Waals surface area contributed by atoms with Crippen LogP contribution in [0.4, 0.5) is 0 Å². The van der Waals surface area contributed by atoms with Crippen LogP contribution >= 0.6 is 15.9 Å². The lowest BCUT2D eigenvalue weighted by molar-refractivity contribution is -0.107. The molecule has 0 aliphatic heterocycles. The highest BCUT2D eigenvalue weighted by Gasteiger charge is 2.04. The Morgan fingerprint density at radius 1 is 1.29 bits per heavy atom. The van der Waals surface area contributed by atoms with E-state index in [9.17, 15) is 4.79 Å². The number of halogens is 1. The molecule has 0 spiro atoms. The zero-order chi connectivity index (χ0) is 13.1. The van der Waals surface area contributed by atoms with Crippen molar-refractivity contribution >= 4 is 22.2 Å². The van der Waals surface area contributed by atoms with E-state index in [-0.39, 0.29) is 0 Å². The molecular weight excluding hydrogens is 284 g/mol. The topological polar surface area (TPSA) is 35.5 Å². The van der Waals surface area contributed by atoms with Gasteiger partial charge in [-0.1, -0.05) is 28.9 Å². The summed E-state index contributed by atoms with van der Waals surface area (Å²) in [7, 11) is 1.59. The Labute approximate surface area is 111 Å². The number of carbonyl (C=O) groups excluding carboxylic acids is 1. The van der Waals surface area contributed by atoms with Gasteiger partial charge in [-0.25, -0.2) is 0 Å². The number of carbonyl (C=O) groups is 1. The van der Waals surface area contributed by atoms with E-state index < -0.39 is 0 Å². The molecule has 0 aliphatic carbocycles. The molecule has 0 radical (unpaired) electrons. The second-order valence-corrected chi connectivity index (χ2v) is 4.18. The van der Waals surface area contributed by atoms with Crippen LogP contribution in [0.25, 0.3) is 0 Å². The quantitative estimate of drug-likeness (QED) is 0.619. The van der Waals surface area contributed by atoms with Crippen LogP contribution in [-0.2, 0) is 11.2 Å². The summed E-state index contributed by atoms with van der Waals surface area (Å²) in [5.74, 6) is 1.39. The Bertz CT molecular complexity index is 326. The highest BCUT2D eigenvalue weighted by molar-refractivity contribution is 9.09. The van der Waals surface area contributed by atoms with Crippen molar-refractivity contribution in [2.24, 2.45) is 0 Å². The van der Waals surface area contributed by atoms with Gasteiger partial charge in [0.25, 0.3) is 0 Å². The molecule has 0 fully saturated rings. The number of methoxy groups -OCH3 is 1. The SMILES string of the molecule is CCBr.CCOc1ccc(CC=O)cc1OC. The fourth-order valence-electron chi connectivity index (χ4n) is 1.21. The molecule has 0 atom stereocenters. The average molecular weight is 303 g/mol. The van der Waals surface area contributed by atoms with Crippen molar-refractivity contribution in [3.8, 4) is 11.5 Å². The molecule has 0 N–H and O–H groups in total. The van der Waals surface area contributed by atoms with Crippen LogP contribution in [0.3, 0.4) is 0 Å². The van der Waals surface area contributed by atoms with Crippen molar-refractivity contribution < 1.29 is 14.3 Å².